The molecule has 1 aromatic rings. The molecule has 2 aliphatic rings. The van der Waals surface area contributed by atoms with Gasteiger partial charge in [0.05, 0.1) is 18.7 Å². The predicted molar refractivity (Wildman–Crippen MR) is 75.3 cm³/mol. The van der Waals surface area contributed by atoms with Gasteiger partial charge in [-0.1, -0.05) is 18.9 Å². The van der Waals surface area contributed by atoms with Gasteiger partial charge in [0.2, 0.25) is 5.89 Å². The van der Waals surface area contributed by atoms with Crippen LogP contribution in [0.1, 0.15) is 39.0 Å². The number of anilines is 1. The molecule has 2 fully saturated rings. The van der Waals surface area contributed by atoms with Gasteiger partial charge in [-0.25, -0.2) is 0 Å². The third-order valence-electron chi connectivity index (χ3n) is 3.83. The highest BCUT2D eigenvalue weighted by molar-refractivity contribution is 5.22. The number of hydrogen-bond acceptors (Lipinski definition) is 6. The van der Waals surface area contributed by atoms with Gasteiger partial charge in [0.1, 0.15) is 0 Å². The third-order valence-corrected chi connectivity index (χ3v) is 3.83. The van der Waals surface area contributed by atoms with E-state index in [0.717, 1.165) is 25.5 Å². The quantitative estimate of drug-likeness (QED) is 0.793. The van der Waals surface area contributed by atoms with Crippen LogP contribution in [0.5, 0.6) is 0 Å². The van der Waals surface area contributed by atoms with Crippen molar-refractivity contribution in [2.45, 2.75) is 51.8 Å². The molecule has 112 valence electrons. The van der Waals surface area contributed by atoms with Gasteiger partial charge in [0.25, 0.3) is 0 Å². The molecule has 0 radical (unpaired) electrons. The molecule has 0 spiro atoms. The van der Waals surface area contributed by atoms with E-state index in [9.17, 15) is 0 Å². The van der Waals surface area contributed by atoms with Crippen molar-refractivity contribution in [3.8, 4) is 0 Å². The second-order valence-corrected chi connectivity index (χ2v) is 6.24. The van der Waals surface area contributed by atoms with Crippen molar-refractivity contribution in [1.29, 1.82) is 0 Å². The fraction of sp³-hybridized carbons (Fsp3) is 0.857. The Morgan fingerprint density at radius 2 is 2.10 bits per heavy atom. The highest BCUT2D eigenvalue weighted by atomic mass is 16.5. The number of aromatic nitrogens is 2. The monoisotopic (exact) mass is 280 g/mol. The first-order valence-electron chi connectivity index (χ1n) is 7.63. The number of rotatable bonds is 7. The molecule has 1 aromatic heterocycles. The van der Waals surface area contributed by atoms with Crippen molar-refractivity contribution in [3.05, 3.63) is 5.89 Å². The number of nitrogens with one attached hydrogen (secondary N) is 2. The molecule has 0 aromatic carbocycles. The van der Waals surface area contributed by atoms with Gasteiger partial charge in [-0.05, 0) is 37.6 Å². The van der Waals surface area contributed by atoms with Crippen LogP contribution in [-0.4, -0.2) is 35.5 Å². The van der Waals surface area contributed by atoms with Crippen molar-refractivity contribution in [2.75, 3.05) is 18.5 Å². The molecule has 1 saturated heterocycles. The van der Waals surface area contributed by atoms with Crippen molar-refractivity contribution < 1.29 is 9.15 Å². The van der Waals surface area contributed by atoms with E-state index in [0.29, 0.717) is 36.5 Å². The number of nitrogens with zero attached hydrogens (tertiary/aromatic N) is 2. The zero-order valence-electron chi connectivity index (χ0n) is 12.3. The number of ether oxygens (including phenoxy) is 1. The topological polar surface area (TPSA) is 72.2 Å². The molecule has 1 aliphatic heterocycles. The van der Waals surface area contributed by atoms with Crippen LogP contribution < -0.4 is 10.6 Å². The predicted octanol–water partition coefficient (Wildman–Crippen LogP) is 1.79. The smallest absolute Gasteiger partial charge is 0.315 e. The zero-order valence-corrected chi connectivity index (χ0v) is 12.3. The average Bonchev–Trinajstić information content (AvgIpc) is 2.99. The van der Waals surface area contributed by atoms with Gasteiger partial charge in [-0.2, -0.15) is 0 Å². The lowest BCUT2D eigenvalue weighted by molar-refractivity contribution is 0.0895. The first kappa shape index (κ1) is 13.8. The summed E-state index contributed by atoms with van der Waals surface area (Å²) in [5.74, 6) is 1.98. The minimum Gasteiger partial charge on any atom is -0.407 e. The largest absolute Gasteiger partial charge is 0.407 e. The Morgan fingerprint density at radius 3 is 2.85 bits per heavy atom. The second-order valence-electron chi connectivity index (χ2n) is 6.24. The minimum atomic E-state index is 0.319. The Labute approximate surface area is 119 Å². The van der Waals surface area contributed by atoms with Crippen LogP contribution in [0.15, 0.2) is 4.42 Å². The lowest BCUT2D eigenvalue weighted by Crippen LogP contribution is -2.31. The molecule has 0 bridgehead atoms. The first-order chi connectivity index (χ1) is 9.72. The molecule has 2 heterocycles. The summed E-state index contributed by atoms with van der Waals surface area (Å²) in [6, 6.07) is 0.840. The molecule has 1 aliphatic carbocycles. The van der Waals surface area contributed by atoms with Crippen LogP contribution in [0, 0.1) is 11.8 Å². The lowest BCUT2D eigenvalue weighted by Gasteiger charge is -2.17. The Kier molecular flexibility index (Phi) is 4.21. The first-order valence-corrected chi connectivity index (χ1v) is 7.63. The van der Waals surface area contributed by atoms with Crippen molar-refractivity contribution in [3.63, 3.8) is 0 Å². The lowest BCUT2D eigenvalue weighted by atomic mass is 10.1. The SMILES string of the molecule is CC(C)CNCc1nnc(NC2CCOC2C2CC2)o1. The van der Waals surface area contributed by atoms with E-state index in [1.54, 1.807) is 0 Å². The van der Waals surface area contributed by atoms with Gasteiger partial charge in [0, 0.05) is 6.61 Å². The van der Waals surface area contributed by atoms with E-state index >= 15 is 0 Å². The van der Waals surface area contributed by atoms with E-state index in [-0.39, 0.29) is 0 Å². The van der Waals surface area contributed by atoms with E-state index < -0.39 is 0 Å². The van der Waals surface area contributed by atoms with E-state index in [1.807, 2.05) is 0 Å². The van der Waals surface area contributed by atoms with Crippen molar-refractivity contribution >= 4 is 6.01 Å². The van der Waals surface area contributed by atoms with E-state index in [4.69, 9.17) is 9.15 Å². The van der Waals surface area contributed by atoms with Crippen LogP contribution in [0.2, 0.25) is 0 Å². The highest BCUT2D eigenvalue weighted by Crippen LogP contribution is 2.39. The van der Waals surface area contributed by atoms with E-state index in [1.165, 1.54) is 12.8 Å². The fourth-order valence-electron chi connectivity index (χ4n) is 2.66. The summed E-state index contributed by atoms with van der Waals surface area (Å²) in [7, 11) is 0. The van der Waals surface area contributed by atoms with Gasteiger partial charge in [0.15, 0.2) is 0 Å². The molecule has 6 nitrogen and oxygen atoms in total. The van der Waals surface area contributed by atoms with Gasteiger partial charge < -0.3 is 19.8 Å². The molecule has 3 rings (SSSR count). The summed E-state index contributed by atoms with van der Waals surface area (Å²) in [4.78, 5) is 0. The Hall–Kier alpha value is -1.14. The normalized spacial score (nSPS) is 26.4. The minimum absolute atomic E-state index is 0.319. The Balaban J connectivity index is 1.49. The van der Waals surface area contributed by atoms with Gasteiger partial charge in [-0.15, -0.1) is 5.10 Å². The summed E-state index contributed by atoms with van der Waals surface area (Å²) in [5.41, 5.74) is 0. The second kappa shape index (κ2) is 6.10. The third kappa shape index (κ3) is 3.49. The summed E-state index contributed by atoms with van der Waals surface area (Å²) in [6.07, 6.45) is 3.92. The molecule has 2 N–H and O–H groups in total. The van der Waals surface area contributed by atoms with Gasteiger partial charge in [-0.3, -0.25) is 0 Å². The summed E-state index contributed by atoms with van der Waals surface area (Å²) in [6.45, 7) is 6.75. The van der Waals surface area contributed by atoms with E-state index in [2.05, 4.69) is 34.7 Å². The molecule has 0 amide bonds. The van der Waals surface area contributed by atoms with Crippen LogP contribution in [0.3, 0.4) is 0 Å². The molecular formula is C14H24N4O2. The van der Waals surface area contributed by atoms with Crippen LogP contribution in [0.25, 0.3) is 0 Å². The number of hydrogen-bond donors (Lipinski definition) is 2. The van der Waals surface area contributed by atoms with Crippen LogP contribution in [0.4, 0.5) is 6.01 Å². The summed E-state index contributed by atoms with van der Waals surface area (Å²) in [5, 5.41) is 14.8. The Morgan fingerprint density at radius 1 is 1.25 bits per heavy atom. The molecule has 1 saturated carbocycles. The molecular weight excluding hydrogens is 256 g/mol. The van der Waals surface area contributed by atoms with Crippen molar-refractivity contribution in [1.82, 2.24) is 15.5 Å². The maximum Gasteiger partial charge on any atom is 0.315 e. The molecule has 2 unspecified atom stereocenters. The standard InChI is InChI=1S/C14H24N4O2/c1-9(2)7-15-8-12-17-18-14(20-12)16-11-5-6-19-13(11)10-3-4-10/h9-11,13,15H,3-8H2,1-2H3,(H,16,18). The maximum atomic E-state index is 5.80. The zero-order chi connectivity index (χ0) is 13.9. The molecule has 6 heteroatoms. The fourth-order valence-corrected chi connectivity index (χ4v) is 2.66. The molecule has 20 heavy (non-hydrogen) atoms. The summed E-state index contributed by atoms with van der Waals surface area (Å²) < 4.78 is 11.4. The van der Waals surface area contributed by atoms with Crippen LogP contribution >= 0.6 is 0 Å². The molecule has 2 atom stereocenters. The Bertz CT molecular complexity index is 431. The average molecular weight is 280 g/mol. The highest BCUT2D eigenvalue weighted by Gasteiger charge is 2.41. The van der Waals surface area contributed by atoms with Crippen LogP contribution in [-0.2, 0) is 11.3 Å². The maximum absolute atomic E-state index is 5.80. The van der Waals surface area contributed by atoms with Crippen molar-refractivity contribution in [2.24, 2.45) is 11.8 Å². The van der Waals surface area contributed by atoms with Gasteiger partial charge >= 0.3 is 6.01 Å². The summed E-state index contributed by atoms with van der Waals surface area (Å²) >= 11 is 0.